The predicted molar refractivity (Wildman–Crippen MR) is 79.9 cm³/mol. The van der Waals surface area contributed by atoms with E-state index in [0.29, 0.717) is 22.8 Å². The summed E-state index contributed by atoms with van der Waals surface area (Å²) in [6.45, 7) is 0. The topological polar surface area (TPSA) is 21.3 Å². The number of benzene rings is 2. The normalized spacial score (nSPS) is 12.2. The van der Waals surface area contributed by atoms with E-state index >= 15 is 0 Å². The SMILES string of the molecule is CNC(Cc1ccc(F)c(F)c1)c1cc(Cl)ccc1OC. The predicted octanol–water partition coefficient (Wildman–Crippen LogP) is 4.13. The summed E-state index contributed by atoms with van der Waals surface area (Å²) in [7, 11) is 3.38. The Labute approximate surface area is 127 Å². The van der Waals surface area contributed by atoms with Gasteiger partial charge in [-0.15, -0.1) is 0 Å². The maximum absolute atomic E-state index is 13.3. The quantitative estimate of drug-likeness (QED) is 0.896. The van der Waals surface area contributed by atoms with Crippen molar-refractivity contribution in [2.45, 2.75) is 12.5 Å². The van der Waals surface area contributed by atoms with Crippen molar-refractivity contribution in [3.63, 3.8) is 0 Å². The van der Waals surface area contributed by atoms with Gasteiger partial charge in [-0.25, -0.2) is 8.78 Å². The second kappa shape index (κ2) is 6.87. The third-order valence-electron chi connectivity index (χ3n) is 3.34. The lowest BCUT2D eigenvalue weighted by atomic mass is 9.98. The van der Waals surface area contributed by atoms with E-state index in [1.807, 2.05) is 0 Å². The summed E-state index contributed by atoms with van der Waals surface area (Å²) in [5.74, 6) is -0.998. The molecule has 1 atom stereocenters. The lowest BCUT2D eigenvalue weighted by Crippen LogP contribution is -2.19. The van der Waals surface area contributed by atoms with Crippen LogP contribution in [-0.2, 0) is 6.42 Å². The summed E-state index contributed by atoms with van der Waals surface area (Å²) in [5.41, 5.74) is 1.56. The number of halogens is 3. The molecule has 0 aliphatic carbocycles. The lowest BCUT2D eigenvalue weighted by molar-refractivity contribution is 0.401. The fourth-order valence-corrected chi connectivity index (χ4v) is 2.43. The van der Waals surface area contributed by atoms with Crippen LogP contribution in [0.1, 0.15) is 17.2 Å². The largest absolute Gasteiger partial charge is 0.496 e. The van der Waals surface area contributed by atoms with E-state index < -0.39 is 11.6 Å². The van der Waals surface area contributed by atoms with Crippen LogP contribution in [0.5, 0.6) is 5.75 Å². The van der Waals surface area contributed by atoms with Crippen LogP contribution in [0.25, 0.3) is 0 Å². The van der Waals surface area contributed by atoms with E-state index in [1.165, 1.54) is 6.07 Å². The molecule has 0 saturated carbocycles. The van der Waals surface area contributed by atoms with Crippen molar-refractivity contribution in [2.24, 2.45) is 0 Å². The molecule has 2 nitrogen and oxygen atoms in total. The maximum Gasteiger partial charge on any atom is 0.159 e. The van der Waals surface area contributed by atoms with Gasteiger partial charge in [-0.1, -0.05) is 17.7 Å². The summed E-state index contributed by atoms with van der Waals surface area (Å²) in [4.78, 5) is 0. The van der Waals surface area contributed by atoms with Gasteiger partial charge in [-0.2, -0.15) is 0 Å². The number of ether oxygens (including phenoxy) is 1. The number of methoxy groups -OCH3 is 1. The van der Waals surface area contributed by atoms with Crippen LogP contribution >= 0.6 is 11.6 Å². The molecule has 2 aromatic rings. The highest BCUT2D eigenvalue weighted by Gasteiger charge is 2.16. The zero-order chi connectivity index (χ0) is 15.4. The number of hydrogen-bond acceptors (Lipinski definition) is 2. The first kappa shape index (κ1) is 15.7. The minimum atomic E-state index is -0.847. The summed E-state index contributed by atoms with van der Waals surface area (Å²) < 4.78 is 31.6. The van der Waals surface area contributed by atoms with E-state index in [1.54, 1.807) is 38.4 Å². The zero-order valence-corrected chi connectivity index (χ0v) is 12.5. The molecule has 0 fully saturated rings. The van der Waals surface area contributed by atoms with Crippen LogP contribution in [0, 0.1) is 11.6 Å². The number of nitrogens with one attached hydrogen (secondary N) is 1. The van der Waals surface area contributed by atoms with Gasteiger partial charge in [-0.3, -0.25) is 0 Å². The Morgan fingerprint density at radius 2 is 1.90 bits per heavy atom. The highest BCUT2D eigenvalue weighted by Crippen LogP contribution is 2.30. The second-order valence-corrected chi connectivity index (χ2v) is 5.12. The lowest BCUT2D eigenvalue weighted by Gasteiger charge is -2.20. The second-order valence-electron chi connectivity index (χ2n) is 4.68. The van der Waals surface area contributed by atoms with Crippen LogP contribution in [-0.4, -0.2) is 14.2 Å². The minimum Gasteiger partial charge on any atom is -0.496 e. The number of likely N-dealkylation sites (N-methyl/N-ethyl adjacent to an activating group) is 1. The van der Waals surface area contributed by atoms with Crippen molar-refractivity contribution < 1.29 is 13.5 Å². The van der Waals surface area contributed by atoms with E-state index in [4.69, 9.17) is 16.3 Å². The average Bonchev–Trinajstić information content (AvgIpc) is 2.48. The molecule has 0 aliphatic rings. The van der Waals surface area contributed by atoms with Crippen molar-refractivity contribution in [3.05, 3.63) is 64.2 Å². The van der Waals surface area contributed by atoms with Gasteiger partial charge in [0.2, 0.25) is 0 Å². The highest BCUT2D eigenvalue weighted by molar-refractivity contribution is 6.30. The smallest absolute Gasteiger partial charge is 0.159 e. The maximum atomic E-state index is 13.3. The molecule has 1 N–H and O–H groups in total. The molecule has 0 aliphatic heterocycles. The Morgan fingerprint density at radius 1 is 1.14 bits per heavy atom. The standard InChI is InChI=1S/C16H16ClF2NO/c1-20-15(8-10-3-5-13(18)14(19)7-10)12-9-11(17)4-6-16(12)21-2/h3-7,9,15,20H,8H2,1-2H3. The first-order chi connectivity index (χ1) is 10.0. The third-order valence-corrected chi connectivity index (χ3v) is 3.57. The van der Waals surface area contributed by atoms with Crippen LogP contribution in [0.2, 0.25) is 5.02 Å². The van der Waals surface area contributed by atoms with Gasteiger partial charge in [0, 0.05) is 16.6 Å². The van der Waals surface area contributed by atoms with Crippen LogP contribution in [0.4, 0.5) is 8.78 Å². The fraction of sp³-hybridized carbons (Fsp3) is 0.250. The molecule has 1 unspecified atom stereocenters. The van der Waals surface area contributed by atoms with E-state index in [-0.39, 0.29) is 6.04 Å². The first-order valence-electron chi connectivity index (χ1n) is 6.49. The molecule has 2 rings (SSSR count). The van der Waals surface area contributed by atoms with Gasteiger partial charge in [0.25, 0.3) is 0 Å². The first-order valence-corrected chi connectivity index (χ1v) is 6.87. The van der Waals surface area contributed by atoms with E-state index in [9.17, 15) is 8.78 Å². The molecule has 0 aromatic heterocycles. The number of rotatable bonds is 5. The van der Waals surface area contributed by atoms with Crippen molar-refractivity contribution in [1.29, 1.82) is 0 Å². The summed E-state index contributed by atoms with van der Waals surface area (Å²) in [6.07, 6.45) is 0.490. The van der Waals surface area contributed by atoms with E-state index in [0.717, 1.165) is 11.6 Å². The molecule has 21 heavy (non-hydrogen) atoms. The molecule has 0 amide bonds. The molecule has 5 heteroatoms. The van der Waals surface area contributed by atoms with Crippen molar-refractivity contribution >= 4 is 11.6 Å². The third kappa shape index (κ3) is 3.71. The molecule has 0 saturated heterocycles. The van der Waals surface area contributed by atoms with Gasteiger partial charge in [0.1, 0.15) is 5.75 Å². The molecule has 0 radical (unpaired) electrons. The van der Waals surface area contributed by atoms with Crippen LogP contribution in [0.3, 0.4) is 0 Å². The minimum absolute atomic E-state index is 0.122. The summed E-state index contributed by atoms with van der Waals surface area (Å²) in [6, 6.07) is 9.12. The average molecular weight is 312 g/mol. The Balaban J connectivity index is 2.31. The Bertz CT molecular complexity index is 634. The van der Waals surface area contributed by atoms with Gasteiger partial charge < -0.3 is 10.1 Å². The summed E-state index contributed by atoms with van der Waals surface area (Å²) in [5, 5.41) is 3.74. The molecule has 112 valence electrons. The van der Waals surface area contributed by atoms with Gasteiger partial charge in [0.05, 0.1) is 7.11 Å². The fourth-order valence-electron chi connectivity index (χ4n) is 2.25. The molecule has 0 heterocycles. The molecular formula is C16H16ClF2NO. The van der Waals surface area contributed by atoms with Crippen LogP contribution in [0.15, 0.2) is 36.4 Å². The van der Waals surface area contributed by atoms with Gasteiger partial charge in [-0.05, 0) is 49.4 Å². The Morgan fingerprint density at radius 3 is 2.52 bits per heavy atom. The van der Waals surface area contributed by atoms with Crippen molar-refractivity contribution in [1.82, 2.24) is 5.32 Å². The highest BCUT2D eigenvalue weighted by atomic mass is 35.5. The van der Waals surface area contributed by atoms with Crippen molar-refractivity contribution in [2.75, 3.05) is 14.2 Å². The summed E-state index contributed by atoms with van der Waals surface area (Å²) >= 11 is 6.03. The number of hydrogen-bond donors (Lipinski definition) is 1. The molecular weight excluding hydrogens is 296 g/mol. The van der Waals surface area contributed by atoms with E-state index in [2.05, 4.69) is 5.32 Å². The van der Waals surface area contributed by atoms with Gasteiger partial charge in [0.15, 0.2) is 11.6 Å². The van der Waals surface area contributed by atoms with Crippen molar-refractivity contribution in [3.8, 4) is 5.75 Å². The van der Waals surface area contributed by atoms with Crippen LogP contribution < -0.4 is 10.1 Å². The Hall–Kier alpha value is -1.65. The monoisotopic (exact) mass is 311 g/mol. The molecule has 0 spiro atoms. The zero-order valence-electron chi connectivity index (χ0n) is 11.8. The Kier molecular flexibility index (Phi) is 5.15. The van der Waals surface area contributed by atoms with Gasteiger partial charge >= 0.3 is 0 Å². The molecule has 0 bridgehead atoms. The molecule has 2 aromatic carbocycles.